The second-order valence-electron chi connectivity index (χ2n) is 4.59. The Morgan fingerprint density at radius 2 is 2.20 bits per heavy atom. The lowest BCUT2D eigenvalue weighted by Crippen LogP contribution is -2.47. The number of nitrogens with two attached hydrogens (primary N) is 1. The summed E-state index contributed by atoms with van der Waals surface area (Å²) in [5.41, 5.74) is 8.89. The van der Waals surface area contributed by atoms with E-state index in [0.29, 0.717) is 12.1 Å². The summed E-state index contributed by atoms with van der Waals surface area (Å²) in [6.07, 6.45) is 3.60. The fourth-order valence-corrected chi connectivity index (χ4v) is 3.33. The van der Waals surface area contributed by atoms with Gasteiger partial charge < -0.3 is 10.6 Å². The van der Waals surface area contributed by atoms with Gasteiger partial charge in [-0.1, -0.05) is 22.0 Å². The van der Waals surface area contributed by atoms with E-state index in [1.54, 1.807) is 0 Å². The Hall–Kier alpha value is -0.540. The standard InChI is InChI=1S/C12H15BrN2/c13-11-2-1-3-12-10(11)6-9-5-4-8(14)7-15(9)12/h1-3,8-9H,4-7,14H2. The summed E-state index contributed by atoms with van der Waals surface area (Å²) in [6.45, 7) is 1.02. The van der Waals surface area contributed by atoms with Crippen LogP contribution >= 0.6 is 15.9 Å². The summed E-state index contributed by atoms with van der Waals surface area (Å²) in [4.78, 5) is 2.49. The summed E-state index contributed by atoms with van der Waals surface area (Å²) in [6, 6.07) is 7.52. The van der Waals surface area contributed by atoms with Gasteiger partial charge in [0.1, 0.15) is 0 Å². The number of anilines is 1. The molecule has 0 saturated carbocycles. The van der Waals surface area contributed by atoms with E-state index in [9.17, 15) is 0 Å². The molecule has 2 atom stereocenters. The first-order valence-electron chi connectivity index (χ1n) is 5.55. The second-order valence-corrected chi connectivity index (χ2v) is 5.44. The molecule has 0 radical (unpaired) electrons. The molecule has 2 N–H and O–H groups in total. The normalized spacial score (nSPS) is 28.8. The first-order valence-corrected chi connectivity index (χ1v) is 6.34. The number of benzene rings is 1. The molecule has 0 bridgehead atoms. The molecule has 1 aromatic carbocycles. The van der Waals surface area contributed by atoms with Crippen molar-refractivity contribution in [2.75, 3.05) is 11.4 Å². The highest BCUT2D eigenvalue weighted by Crippen LogP contribution is 2.39. The molecule has 3 heteroatoms. The summed E-state index contributed by atoms with van der Waals surface area (Å²) >= 11 is 3.64. The molecule has 15 heavy (non-hydrogen) atoms. The molecule has 0 amide bonds. The van der Waals surface area contributed by atoms with Crippen LogP contribution in [0.1, 0.15) is 18.4 Å². The molecule has 2 unspecified atom stereocenters. The van der Waals surface area contributed by atoms with Crippen molar-refractivity contribution < 1.29 is 0 Å². The van der Waals surface area contributed by atoms with Crippen LogP contribution in [0.5, 0.6) is 0 Å². The molecule has 2 heterocycles. The Balaban J connectivity index is 2.01. The van der Waals surface area contributed by atoms with Crippen molar-refractivity contribution in [1.82, 2.24) is 0 Å². The lowest BCUT2D eigenvalue weighted by molar-refractivity contribution is 0.433. The maximum absolute atomic E-state index is 6.03. The maximum Gasteiger partial charge on any atom is 0.0414 e. The minimum atomic E-state index is 0.353. The topological polar surface area (TPSA) is 29.3 Å². The number of nitrogens with zero attached hydrogens (tertiary/aromatic N) is 1. The van der Waals surface area contributed by atoms with E-state index in [1.807, 2.05) is 0 Å². The highest BCUT2D eigenvalue weighted by atomic mass is 79.9. The number of fused-ring (bicyclic) bond motifs is 3. The van der Waals surface area contributed by atoms with Crippen molar-refractivity contribution in [3.63, 3.8) is 0 Å². The van der Waals surface area contributed by atoms with Gasteiger partial charge in [-0.15, -0.1) is 0 Å². The van der Waals surface area contributed by atoms with Crippen molar-refractivity contribution in [1.29, 1.82) is 0 Å². The quantitative estimate of drug-likeness (QED) is 0.781. The number of hydrogen-bond acceptors (Lipinski definition) is 2. The molecule has 2 aliphatic heterocycles. The van der Waals surface area contributed by atoms with Gasteiger partial charge in [0.15, 0.2) is 0 Å². The Morgan fingerprint density at radius 1 is 1.33 bits per heavy atom. The van der Waals surface area contributed by atoms with Crippen LogP contribution < -0.4 is 10.6 Å². The highest BCUT2D eigenvalue weighted by Gasteiger charge is 2.34. The summed E-state index contributed by atoms with van der Waals surface area (Å²) in [5, 5.41) is 0. The third-order valence-corrected chi connectivity index (χ3v) is 4.33. The predicted octanol–water partition coefficient (Wildman–Crippen LogP) is 2.30. The first-order chi connectivity index (χ1) is 7.25. The number of halogens is 1. The lowest BCUT2D eigenvalue weighted by Gasteiger charge is -2.35. The van der Waals surface area contributed by atoms with Gasteiger partial charge in [-0.05, 0) is 37.0 Å². The van der Waals surface area contributed by atoms with Gasteiger partial charge in [0, 0.05) is 28.8 Å². The van der Waals surface area contributed by atoms with E-state index in [-0.39, 0.29) is 0 Å². The molecule has 0 aromatic heterocycles. The average molecular weight is 267 g/mol. The van der Waals surface area contributed by atoms with E-state index < -0.39 is 0 Å². The maximum atomic E-state index is 6.03. The van der Waals surface area contributed by atoms with Crippen molar-refractivity contribution in [2.45, 2.75) is 31.3 Å². The predicted molar refractivity (Wildman–Crippen MR) is 66.2 cm³/mol. The van der Waals surface area contributed by atoms with E-state index in [0.717, 1.165) is 6.54 Å². The fraction of sp³-hybridized carbons (Fsp3) is 0.500. The van der Waals surface area contributed by atoms with Crippen LogP contribution in [0.25, 0.3) is 0 Å². The van der Waals surface area contributed by atoms with E-state index in [4.69, 9.17) is 5.73 Å². The lowest BCUT2D eigenvalue weighted by atomic mass is 9.99. The zero-order valence-corrected chi connectivity index (χ0v) is 10.2. The Morgan fingerprint density at radius 3 is 3.07 bits per heavy atom. The molecule has 1 fully saturated rings. The average Bonchev–Trinajstić information content (AvgIpc) is 2.58. The highest BCUT2D eigenvalue weighted by molar-refractivity contribution is 9.10. The smallest absolute Gasteiger partial charge is 0.0414 e. The SMILES string of the molecule is NC1CCC2Cc3c(Br)cccc3N2C1. The van der Waals surface area contributed by atoms with Crippen molar-refractivity contribution in [3.05, 3.63) is 28.2 Å². The van der Waals surface area contributed by atoms with Crippen LogP contribution in [0, 0.1) is 0 Å². The summed E-state index contributed by atoms with van der Waals surface area (Å²) < 4.78 is 1.25. The van der Waals surface area contributed by atoms with Crippen molar-refractivity contribution in [2.24, 2.45) is 5.73 Å². The Bertz CT molecular complexity index is 391. The molecule has 1 saturated heterocycles. The van der Waals surface area contributed by atoms with Crippen LogP contribution in [0.2, 0.25) is 0 Å². The molecule has 2 nitrogen and oxygen atoms in total. The van der Waals surface area contributed by atoms with Gasteiger partial charge in [0.05, 0.1) is 0 Å². The van der Waals surface area contributed by atoms with Crippen molar-refractivity contribution in [3.8, 4) is 0 Å². The van der Waals surface area contributed by atoms with E-state index in [2.05, 4.69) is 39.0 Å². The number of piperidine rings is 1. The van der Waals surface area contributed by atoms with Gasteiger partial charge in [0.2, 0.25) is 0 Å². The van der Waals surface area contributed by atoms with Gasteiger partial charge in [-0.25, -0.2) is 0 Å². The van der Waals surface area contributed by atoms with Gasteiger partial charge in [-0.2, -0.15) is 0 Å². The van der Waals surface area contributed by atoms with E-state index in [1.165, 1.54) is 35.0 Å². The van der Waals surface area contributed by atoms with Crippen LogP contribution in [-0.2, 0) is 6.42 Å². The molecule has 3 rings (SSSR count). The largest absolute Gasteiger partial charge is 0.366 e. The van der Waals surface area contributed by atoms with Crippen LogP contribution in [0.4, 0.5) is 5.69 Å². The van der Waals surface area contributed by atoms with Crippen LogP contribution in [0.3, 0.4) is 0 Å². The third kappa shape index (κ3) is 1.49. The van der Waals surface area contributed by atoms with Gasteiger partial charge in [0.25, 0.3) is 0 Å². The van der Waals surface area contributed by atoms with Crippen LogP contribution in [-0.4, -0.2) is 18.6 Å². The molecular formula is C12H15BrN2. The monoisotopic (exact) mass is 266 g/mol. The van der Waals surface area contributed by atoms with E-state index >= 15 is 0 Å². The molecule has 1 aromatic rings. The van der Waals surface area contributed by atoms with Gasteiger partial charge in [-0.3, -0.25) is 0 Å². The number of rotatable bonds is 0. The fourth-order valence-electron chi connectivity index (χ4n) is 2.82. The van der Waals surface area contributed by atoms with Crippen LogP contribution in [0.15, 0.2) is 22.7 Å². The van der Waals surface area contributed by atoms with Crippen molar-refractivity contribution >= 4 is 21.6 Å². The summed E-state index contributed by atoms with van der Waals surface area (Å²) in [5.74, 6) is 0. The minimum absolute atomic E-state index is 0.353. The molecular weight excluding hydrogens is 252 g/mol. The molecule has 0 spiro atoms. The Kier molecular flexibility index (Phi) is 2.25. The minimum Gasteiger partial charge on any atom is -0.366 e. The molecule has 80 valence electrons. The molecule has 2 aliphatic rings. The number of hydrogen-bond donors (Lipinski definition) is 1. The second kappa shape index (κ2) is 3.49. The first kappa shape index (κ1) is 9.67. The zero-order valence-electron chi connectivity index (χ0n) is 8.62. The van der Waals surface area contributed by atoms with Gasteiger partial charge >= 0.3 is 0 Å². The zero-order chi connectivity index (χ0) is 10.4. The molecule has 0 aliphatic carbocycles. The Labute approximate surface area is 98.6 Å². The summed E-state index contributed by atoms with van der Waals surface area (Å²) in [7, 11) is 0. The third-order valence-electron chi connectivity index (χ3n) is 3.59.